The van der Waals surface area contributed by atoms with E-state index in [1.807, 2.05) is 0 Å². The molecule has 2 aliphatic carbocycles. The van der Waals surface area contributed by atoms with Crippen LogP contribution in [0, 0.1) is 0 Å². The van der Waals surface area contributed by atoms with E-state index in [0.29, 0.717) is 0 Å². The van der Waals surface area contributed by atoms with Gasteiger partial charge in [0.15, 0.2) is 0 Å². The van der Waals surface area contributed by atoms with Crippen molar-refractivity contribution in [3.05, 3.63) is 62.5 Å². The molecule has 0 radical (unpaired) electrons. The van der Waals surface area contributed by atoms with Crippen LogP contribution in [-0.4, -0.2) is 3.21 Å². The number of rotatable bonds is 2. The van der Waals surface area contributed by atoms with Gasteiger partial charge in [0, 0.05) is 0 Å². The fourth-order valence-corrected chi connectivity index (χ4v) is 16.8. The zero-order chi connectivity index (χ0) is 15.3. The maximum absolute atomic E-state index is 7.42. The van der Waals surface area contributed by atoms with E-state index in [-0.39, 0.29) is 3.63 Å². The number of benzene rings is 1. The number of hydrogen-bond donors (Lipinski definition) is 0. The van der Waals surface area contributed by atoms with E-state index < -0.39 is 15.9 Å². The van der Waals surface area contributed by atoms with Crippen LogP contribution in [0.25, 0.3) is 6.08 Å². The van der Waals surface area contributed by atoms with E-state index in [9.17, 15) is 0 Å². The first kappa shape index (κ1) is 15.7. The fraction of sp³-hybridized carbons (Fsp3) is 0.278. The number of halogens is 2. The van der Waals surface area contributed by atoms with Crippen LogP contribution in [0.15, 0.2) is 51.3 Å². The van der Waals surface area contributed by atoms with Crippen molar-refractivity contribution in [3.63, 3.8) is 0 Å². The zero-order valence-electron chi connectivity index (χ0n) is 12.7. The first-order chi connectivity index (χ1) is 9.83. The molecule has 3 rings (SSSR count). The van der Waals surface area contributed by atoms with Crippen LogP contribution in [0.1, 0.15) is 41.9 Å². The second kappa shape index (κ2) is 5.15. The second-order valence-electron chi connectivity index (χ2n) is 6.37. The predicted molar refractivity (Wildman–Crippen MR) is 92.7 cm³/mol. The standard InChI is InChI=1S/C9H7.C6H7.C3H6.2ClH.Zr/c1-2-5-9-7-3-6-8(9)4-1;1-6-4-2-3-5-6;1-3-2;;;/h1-7H;4-5H,2H2,1H3;1-2H3;2*1H;/q;;;;;+2/p-2. The molecule has 0 aliphatic heterocycles. The molecule has 1 aromatic carbocycles. The summed E-state index contributed by atoms with van der Waals surface area (Å²) in [6.45, 7) is 6.36. The molecule has 0 spiro atoms. The number of fused-ring (bicyclic) bond motifs is 1. The summed E-state index contributed by atoms with van der Waals surface area (Å²) in [5.74, 6) is 0. The molecule has 0 saturated carbocycles. The molecular formula is C18H20Cl2Zr. The molecule has 0 saturated heterocycles. The van der Waals surface area contributed by atoms with E-state index >= 15 is 0 Å². The summed E-state index contributed by atoms with van der Waals surface area (Å²) in [6, 6.07) is 8.48. The monoisotopic (exact) mass is 396 g/mol. The van der Waals surface area contributed by atoms with Crippen molar-refractivity contribution >= 4 is 26.3 Å². The van der Waals surface area contributed by atoms with Crippen molar-refractivity contribution in [2.24, 2.45) is 0 Å². The maximum atomic E-state index is 7.42. The molecule has 21 heavy (non-hydrogen) atoms. The van der Waals surface area contributed by atoms with Gasteiger partial charge in [0.25, 0.3) is 0 Å². The van der Waals surface area contributed by atoms with Gasteiger partial charge in [0.05, 0.1) is 0 Å². The number of allylic oxidation sites excluding steroid dienone is 5. The fourth-order valence-electron chi connectivity index (χ4n) is 3.51. The molecule has 0 amide bonds. The van der Waals surface area contributed by atoms with Crippen molar-refractivity contribution in [1.82, 2.24) is 0 Å². The van der Waals surface area contributed by atoms with Gasteiger partial charge in [-0.1, -0.05) is 0 Å². The third-order valence-electron chi connectivity index (χ3n) is 4.90. The molecule has 1 aromatic rings. The first-order valence-corrected chi connectivity index (χ1v) is 17.6. The van der Waals surface area contributed by atoms with Crippen LogP contribution < -0.4 is 0 Å². The summed E-state index contributed by atoms with van der Waals surface area (Å²) in [7, 11) is 14.8. The Labute approximate surface area is 134 Å². The van der Waals surface area contributed by atoms with Crippen molar-refractivity contribution < 1.29 is 15.9 Å². The molecule has 110 valence electrons. The van der Waals surface area contributed by atoms with Crippen LogP contribution in [0.3, 0.4) is 0 Å². The Hall–Kier alpha value is -0.227. The van der Waals surface area contributed by atoms with Crippen molar-refractivity contribution in [2.45, 2.75) is 30.8 Å². The van der Waals surface area contributed by atoms with Crippen molar-refractivity contribution in [3.8, 4) is 0 Å². The molecule has 1 unspecified atom stereocenters. The van der Waals surface area contributed by atoms with Gasteiger partial charge in [-0.15, -0.1) is 0 Å². The molecule has 2 aliphatic rings. The molecular weight excluding hydrogens is 378 g/mol. The van der Waals surface area contributed by atoms with Crippen molar-refractivity contribution in [2.75, 3.05) is 0 Å². The molecule has 0 heterocycles. The summed E-state index contributed by atoms with van der Waals surface area (Å²) in [5, 5.41) is 0. The molecule has 0 nitrogen and oxygen atoms in total. The van der Waals surface area contributed by atoms with Crippen molar-refractivity contribution in [1.29, 1.82) is 0 Å². The Morgan fingerprint density at radius 1 is 1.19 bits per heavy atom. The van der Waals surface area contributed by atoms with E-state index in [0.717, 1.165) is 6.42 Å². The topological polar surface area (TPSA) is 0 Å². The minimum absolute atomic E-state index is 0.154. The third-order valence-corrected chi connectivity index (χ3v) is 27.2. The van der Waals surface area contributed by atoms with E-state index in [1.54, 1.807) is 0 Å². The van der Waals surface area contributed by atoms with Gasteiger partial charge < -0.3 is 0 Å². The summed E-state index contributed by atoms with van der Waals surface area (Å²) < 4.78 is 2.66. The Morgan fingerprint density at radius 2 is 1.90 bits per heavy atom. The molecule has 3 heteroatoms. The predicted octanol–water partition coefficient (Wildman–Crippen LogP) is 6.20. The van der Waals surface area contributed by atoms with Crippen LogP contribution in [0.4, 0.5) is 0 Å². The molecule has 0 fully saturated rings. The van der Waals surface area contributed by atoms with E-state index in [4.69, 9.17) is 17.0 Å². The van der Waals surface area contributed by atoms with Gasteiger partial charge in [-0.05, 0) is 0 Å². The minimum atomic E-state index is -4.23. The van der Waals surface area contributed by atoms with Crippen LogP contribution in [0.5, 0.6) is 0 Å². The number of hydrogen-bond acceptors (Lipinski definition) is 0. The molecule has 1 atom stereocenters. The van der Waals surface area contributed by atoms with Crippen LogP contribution in [0.2, 0.25) is 0 Å². The average Bonchev–Trinajstić information content (AvgIpc) is 3.05. The van der Waals surface area contributed by atoms with E-state index in [1.165, 1.54) is 23.2 Å². The Morgan fingerprint density at radius 3 is 2.52 bits per heavy atom. The third kappa shape index (κ3) is 2.24. The van der Waals surface area contributed by atoms with Gasteiger partial charge in [-0.25, -0.2) is 0 Å². The first-order valence-electron chi connectivity index (χ1n) is 7.37. The van der Waals surface area contributed by atoms with Crippen LogP contribution in [-0.2, 0) is 15.9 Å². The van der Waals surface area contributed by atoms with E-state index in [2.05, 4.69) is 69.3 Å². The second-order valence-corrected chi connectivity index (χ2v) is 27.7. The average molecular weight is 398 g/mol. The SMILES string of the molecule is CC1=CC[C]([Zr]([Cl])([Cl])(=[C](C)C)[CH]2C=Cc3ccccc32)=C1. The summed E-state index contributed by atoms with van der Waals surface area (Å²) in [6.07, 6.45) is 9.78. The van der Waals surface area contributed by atoms with Gasteiger partial charge in [-0.3, -0.25) is 0 Å². The molecule has 0 aromatic heterocycles. The Bertz CT molecular complexity index is 768. The summed E-state index contributed by atoms with van der Waals surface area (Å²) in [5.41, 5.74) is 3.83. The van der Waals surface area contributed by atoms with Crippen LogP contribution >= 0.6 is 17.0 Å². The molecule has 0 N–H and O–H groups in total. The summed E-state index contributed by atoms with van der Waals surface area (Å²) in [4.78, 5) is 0. The normalized spacial score (nSPS) is 21.1. The summed E-state index contributed by atoms with van der Waals surface area (Å²) >= 11 is -4.23. The van der Waals surface area contributed by atoms with Gasteiger partial charge in [0.1, 0.15) is 0 Å². The van der Waals surface area contributed by atoms with Gasteiger partial charge in [0.2, 0.25) is 0 Å². The Balaban J connectivity index is 2.25. The Kier molecular flexibility index (Phi) is 3.84. The zero-order valence-corrected chi connectivity index (χ0v) is 16.6. The van der Waals surface area contributed by atoms with Gasteiger partial charge in [-0.2, -0.15) is 0 Å². The molecule has 0 bridgehead atoms. The quantitative estimate of drug-likeness (QED) is 0.557. The van der Waals surface area contributed by atoms with Gasteiger partial charge >= 0.3 is 136 Å².